The average Bonchev–Trinajstić information content (AvgIpc) is 2.60. The lowest BCUT2D eigenvalue weighted by atomic mass is 10.1. The molecule has 1 rings (SSSR count). The number of aromatic nitrogens is 2. The monoisotopic (exact) mass is 272 g/mol. The summed E-state index contributed by atoms with van der Waals surface area (Å²) in [5.41, 5.74) is 1.36. The molecule has 0 fully saturated rings. The number of hydrogen-bond acceptors (Lipinski definition) is 1. The normalized spacial score (nSPS) is 13.0. The second-order valence-corrected chi connectivity index (χ2v) is 5.45. The molecule has 0 aliphatic rings. The minimum atomic E-state index is 0.719. The number of aryl methyl sites for hydroxylation is 2. The van der Waals surface area contributed by atoms with Crippen LogP contribution in [-0.2, 0) is 13.5 Å². The molecule has 1 heterocycles. The van der Waals surface area contributed by atoms with Crippen molar-refractivity contribution in [2.45, 2.75) is 50.3 Å². The van der Waals surface area contributed by atoms with Crippen LogP contribution in [0.15, 0.2) is 12.4 Å². The van der Waals surface area contributed by atoms with Crippen molar-refractivity contribution in [3.63, 3.8) is 0 Å². The minimum Gasteiger partial charge on any atom is -0.276 e. The Hall–Kier alpha value is -0.310. The summed E-state index contributed by atoms with van der Waals surface area (Å²) in [4.78, 5) is 0.719. The van der Waals surface area contributed by atoms with Crippen molar-refractivity contribution in [2.24, 2.45) is 7.05 Å². The maximum atomic E-state index is 4.17. The molecular formula is C12H21BrN2. The van der Waals surface area contributed by atoms with Crippen LogP contribution in [0.3, 0.4) is 0 Å². The largest absolute Gasteiger partial charge is 0.276 e. The van der Waals surface area contributed by atoms with Crippen LogP contribution in [-0.4, -0.2) is 14.6 Å². The minimum absolute atomic E-state index is 0.719. The molecule has 0 aliphatic carbocycles. The van der Waals surface area contributed by atoms with Gasteiger partial charge in [-0.05, 0) is 31.2 Å². The first-order chi connectivity index (χ1) is 7.22. The second kappa shape index (κ2) is 7.04. The first-order valence-electron chi connectivity index (χ1n) is 5.84. The van der Waals surface area contributed by atoms with Gasteiger partial charge in [-0.1, -0.05) is 35.7 Å². The van der Waals surface area contributed by atoms with Gasteiger partial charge in [0.15, 0.2) is 0 Å². The van der Waals surface area contributed by atoms with Gasteiger partial charge in [0.25, 0.3) is 0 Å². The van der Waals surface area contributed by atoms with Gasteiger partial charge in [-0.15, -0.1) is 0 Å². The molecule has 1 aromatic rings. The van der Waals surface area contributed by atoms with E-state index in [2.05, 4.69) is 34.1 Å². The van der Waals surface area contributed by atoms with Gasteiger partial charge in [-0.2, -0.15) is 5.10 Å². The Labute approximate surface area is 101 Å². The lowest BCUT2D eigenvalue weighted by molar-refractivity contribution is 0.626. The highest BCUT2D eigenvalue weighted by Crippen LogP contribution is 2.16. The van der Waals surface area contributed by atoms with Crippen LogP contribution < -0.4 is 0 Å². The van der Waals surface area contributed by atoms with Crippen LogP contribution in [0.5, 0.6) is 0 Å². The van der Waals surface area contributed by atoms with E-state index in [-0.39, 0.29) is 0 Å². The van der Waals surface area contributed by atoms with Gasteiger partial charge in [0.1, 0.15) is 0 Å². The zero-order valence-electron chi connectivity index (χ0n) is 9.75. The standard InChI is InChI=1S/C12H21BrN2/c1-3-6-12(13)8-5-4-7-11-9-14-15(2)10-11/h9-10,12H,3-8H2,1-2H3. The Kier molecular flexibility index (Phi) is 5.99. The molecule has 0 aliphatic heterocycles. The molecule has 0 amide bonds. The molecule has 86 valence electrons. The third-order valence-corrected chi connectivity index (χ3v) is 3.51. The summed E-state index contributed by atoms with van der Waals surface area (Å²) in [7, 11) is 1.97. The van der Waals surface area contributed by atoms with Crippen molar-refractivity contribution in [3.8, 4) is 0 Å². The molecule has 0 saturated carbocycles. The number of nitrogens with zero attached hydrogens (tertiary/aromatic N) is 2. The van der Waals surface area contributed by atoms with E-state index < -0.39 is 0 Å². The highest BCUT2D eigenvalue weighted by atomic mass is 79.9. The summed E-state index contributed by atoms with van der Waals surface area (Å²) in [5.74, 6) is 0. The Morgan fingerprint density at radius 1 is 1.40 bits per heavy atom. The fraction of sp³-hybridized carbons (Fsp3) is 0.750. The summed E-state index contributed by atoms with van der Waals surface area (Å²) in [6.07, 6.45) is 11.7. The zero-order chi connectivity index (χ0) is 11.1. The Morgan fingerprint density at radius 3 is 2.80 bits per heavy atom. The first kappa shape index (κ1) is 12.8. The summed E-state index contributed by atoms with van der Waals surface area (Å²) >= 11 is 3.71. The maximum Gasteiger partial charge on any atom is 0.0521 e. The number of alkyl halides is 1. The van der Waals surface area contributed by atoms with Gasteiger partial charge in [-0.25, -0.2) is 0 Å². The van der Waals surface area contributed by atoms with Crippen LogP contribution in [0.25, 0.3) is 0 Å². The maximum absolute atomic E-state index is 4.17. The van der Waals surface area contributed by atoms with Gasteiger partial charge in [0.05, 0.1) is 6.20 Å². The van der Waals surface area contributed by atoms with Crippen molar-refractivity contribution in [1.29, 1.82) is 0 Å². The van der Waals surface area contributed by atoms with Gasteiger partial charge in [0, 0.05) is 18.1 Å². The molecule has 1 unspecified atom stereocenters. The van der Waals surface area contributed by atoms with Crippen LogP contribution in [0.1, 0.15) is 44.6 Å². The fourth-order valence-electron chi connectivity index (χ4n) is 1.75. The van der Waals surface area contributed by atoms with Crippen LogP contribution in [0.4, 0.5) is 0 Å². The van der Waals surface area contributed by atoms with E-state index >= 15 is 0 Å². The Morgan fingerprint density at radius 2 is 2.20 bits per heavy atom. The number of unbranched alkanes of at least 4 members (excludes halogenated alkanes) is 1. The van der Waals surface area contributed by atoms with E-state index in [0.29, 0.717) is 0 Å². The first-order valence-corrected chi connectivity index (χ1v) is 6.75. The lowest BCUT2D eigenvalue weighted by Gasteiger charge is -2.06. The van der Waals surface area contributed by atoms with Crippen LogP contribution in [0, 0.1) is 0 Å². The van der Waals surface area contributed by atoms with Gasteiger partial charge in [-0.3, -0.25) is 4.68 Å². The summed E-state index contributed by atoms with van der Waals surface area (Å²) in [6.45, 7) is 2.24. The third-order valence-electron chi connectivity index (χ3n) is 2.59. The van der Waals surface area contributed by atoms with Crippen molar-refractivity contribution in [1.82, 2.24) is 9.78 Å². The van der Waals surface area contributed by atoms with Crippen molar-refractivity contribution >= 4 is 15.9 Å². The third kappa shape index (κ3) is 5.36. The summed E-state index contributed by atoms with van der Waals surface area (Å²) < 4.78 is 1.87. The van der Waals surface area contributed by atoms with Gasteiger partial charge < -0.3 is 0 Å². The molecule has 1 atom stereocenters. The van der Waals surface area contributed by atoms with E-state index in [1.54, 1.807) is 0 Å². The summed E-state index contributed by atoms with van der Waals surface area (Å²) in [5, 5.41) is 4.17. The SMILES string of the molecule is CCCC(Br)CCCCc1cnn(C)c1. The molecule has 15 heavy (non-hydrogen) atoms. The molecule has 0 spiro atoms. The molecular weight excluding hydrogens is 252 g/mol. The van der Waals surface area contributed by atoms with Crippen LogP contribution >= 0.6 is 15.9 Å². The smallest absolute Gasteiger partial charge is 0.0521 e. The van der Waals surface area contributed by atoms with E-state index in [1.807, 2.05) is 17.9 Å². The molecule has 3 heteroatoms. The fourth-order valence-corrected chi connectivity index (χ4v) is 2.54. The van der Waals surface area contributed by atoms with E-state index in [0.717, 1.165) is 4.83 Å². The summed E-state index contributed by atoms with van der Waals surface area (Å²) in [6, 6.07) is 0. The van der Waals surface area contributed by atoms with E-state index in [1.165, 1.54) is 44.1 Å². The predicted molar refractivity (Wildman–Crippen MR) is 68.4 cm³/mol. The molecule has 0 radical (unpaired) electrons. The van der Waals surface area contributed by atoms with Gasteiger partial charge in [0.2, 0.25) is 0 Å². The molecule has 0 saturated heterocycles. The number of rotatable bonds is 7. The quantitative estimate of drug-likeness (QED) is 0.547. The number of hydrogen-bond donors (Lipinski definition) is 0. The van der Waals surface area contributed by atoms with Gasteiger partial charge >= 0.3 is 0 Å². The molecule has 2 nitrogen and oxygen atoms in total. The Bertz CT molecular complexity index is 270. The van der Waals surface area contributed by atoms with E-state index in [9.17, 15) is 0 Å². The highest BCUT2D eigenvalue weighted by molar-refractivity contribution is 9.09. The zero-order valence-corrected chi connectivity index (χ0v) is 11.3. The van der Waals surface area contributed by atoms with Crippen molar-refractivity contribution < 1.29 is 0 Å². The number of halogens is 1. The average molecular weight is 273 g/mol. The highest BCUT2D eigenvalue weighted by Gasteiger charge is 2.02. The van der Waals surface area contributed by atoms with E-state index in [4.69, 9.17) is 0 Å². The van der Waals surface area contributed by atoms with Crippen molar-refractivity contribution in [3.05, 3.63) is 18.0 Å². The van der Waals surface area contributed by atoms with Crippen molar-refractivity contribution in [2.75, 3.05) is 0 Å². The van der Waals surface area contributed by atoms with Crippen LogP contribution in [0.2, 0.25) is 0 Å². The molecule has 0 bridgehead atoms. The predicted octanol–water partition coefficient (Wildman–Crippen LogP) is 3.70. The lowest BCUT2D eigenvalue weighted by Crippen LogP contribution is -1.97. The molecule has 0 aromatic carbocycles. The molecule has 0 N–H and O–H groups in total. The Balaban J connectivity index is 2.06. The molecule has 1 aromatic heterocycles. The second-order valence-electron chi connectivity index (χ2n) is 4.15. The topological polar surface area (TPSA) is 17.8 Å².